The van der Waals surface area contributed by atoms with E-state index in [1.807, 2.05) is 0 Å². The minimum atomic E-state index is -1.30. The van der Waals surface area contributed by atoms with Crippen molar-refractivity contribution in [2.24, 2.45) is 0 Å². The van der Waals surface area contributed by atoms with Gasteiger partial charge in [0.1, 0.15) is 17.7 Å². The first-order valence-corrected chi connectivity index (χ1v) is 8.94. The van der Waals surface area contributed by atoms with Gasteiger partial charge in [-0.05, 0) is 17.7 Å². The van der Waals surface area contributed by atoms with Gasteiger partial charge in [0, 0.05) is 17.0 Å². The van der Waals surface area contributed by atoms with Gasteiger partial charge in [0.05, 0.1) is 18.9 Å². The summed E-state index contributed by atoms with van der Waals surface area (Å²) < 4.78 is 6.08. The zero-order chi connectivity index (χ0) is 20.3. The zero-order valence-corrected chi connectivity index (χ0v) is 15.9. The van der Waals surface area contributed by atoms with Crippen LogP contribution < -0.4 is 5.56 Å². The molecule has 2 atom stereocenters. The Labute approximate surface area is 168 Å². The standard InChI is InChI=1S/C17H16Cl2N4O5/c18-10-3-1-9(2-4-10)12(25)5-14-21-15(28-22-14)7-23-17(27)16(19)11(6-20-23)13(26)8-24/h1-4,6,12-13,24-26H,5,7-8H2/t12-,13+/m0/s1. The summed E-state index contributed by atoms with van der Waals surface area (Å²) in [7, 11) is 0. The van der Waals surface area contributed by atoms with E-state index in [4.69, 9.17) is 32.8 Å². The van der Waals surface area contributed by atoms with Crippen molar-refractivity contribution in [3.05, 3.63) is 73.7 Å². The van der Waals surface area contributed by atoms with E-state index in [2.05, 4.69) is 15.2 Å². The molecule has 2 aromatic heterocycles. The molecule has 0 radical (unpaired) electrons. The molecule has 0 amide bonds. The van der Waals surface area contributed by atoms with Crippen LogP contribution in [0.2, 0.25) is 10.0 Å². The predicted molar refractivity (Wildman–Crippen MR) is 99.1 cm³/mol. The number of benzene rings is 1. The van der Waals surface area contributed by atoms with Crippen LogP contribution in [0.1, 0.15) is 35.0 Å². The van der Waals surface area contributed by atoms with Gasteiger partial charge < -0.3 is 19.8 Å². The third-order valence-corrected chi connectivity index (χ3v) is 4.60. The molecule has 148 valence electrons. The van der Waals surface area contributed by atoms with Crippen molar-refractivity contribution in [1.82, 2.24) is 19.9 Å². The summed E-state index contributed by atoms with van der Waals surface area (Å²) in [5.74, 6) is 0.350. The van der Waals surface area contributed by atoms with E-state index in [-0.39, 0.29) is 35.3 Å². The quantitative estimate of drug-likeness (QED) is 0.514. The molecule has 0 aliphatic rings. The van der Waals surface area contributed by atoms with E-state index >= 15 is 0 Å². The second-order valence-electron chi connectivity index (χ2n) is 5.95. The highest BCUT2D eigenvalue weighted by Gasteiger charge is 2.18. The largest absolute Gasteiger partial charge is 0.393 e. The van der Waals surface area contributed by atoms with Crippen LogP contribution >= 0.6 is 23.2 Å². The summed E-state index contributed by atoms with van der Waals surface area (Å²) in [6.07, 6.45) is -0.855. The molecule has 0 unspecified atom stereocenters. The van der Waals surface area contributed by atoms with E-state index in [9.17, 15) is 15.0 Å². The molecule has 3 rings (SSSR count). The van der Waals surface area contributed by atoms with Crippen molar-refractivity contribution in [3.63, 3.8) is 0 Å². The highest BCUT2D eigenvalue weighted by molar-refractivity contribution is 6.31. The molecule has 0 aliphatic heterocycles. The summed E-state index contributed by atoms with van der Waals surface area (Å²) in [6, 6.07) is 6.73. The third-order valence-electron chi connectivity index (χ3n) is 3.97. The van der Waals surface area contributed by atoms with Gasteiger partial charge in [0.2, 0.25) is 5.89 Å². The minimum Gasteiger partial charge on any atom is -0.393 e. The third kappa shape index (κ3) is 4.57. The van der Waals surface area contributed by atoms with Crippen LogP contribution in [0.5, 0.6) is 0 Å². The molecule has 0 saturated carbocycles. The monoisotopic (exact) mass is 426 g/mol. The number of aliphatic hydroxyl groups is 3. The molecular formula is C17H16Cl2N4O5. The summed E-state index contributed by atoms with van der Waals surface area (Å²) in [4.78, 5) is 16.4. The fourth-order valence-corrected chi connectivity index (χ4v) is 2.86. The van der Waals surface area contributed by atoms with Gasteiger partial charge in [0.25, 0.3) is 5.56 Å². The van der Waals surface area contributed by atoms with Gasteiger partial charge in [-0.15, -0.1) is 0 Å². The van der Waals surface area contributed by atoms with E-state index in [1.165, 1.54) is 6.20 Å². The predicted octanol–water partition coefficient (Wildman–Crippen LogP) is 1.28. The van der Waals surface area contributed by atoms with Crippen LogP contribution in [0.15, 0.2) is 39.8 Å². The Balaban J connectivity index is 1.72. The average molecular weight is 427 g/mol. The summed E-state index contributed by atoms with van der Waals surface area (Å²) in [6.45, 7) is -0.730. The fraction of sp³-hybridized carbons (Fsp3) is 0.294. The highest BCUT2D eigenvalue weighted by atomic mass is 35.5. The first-order valence-electron chi connectivity index (χ1n) is 8.18. The van der Waals surface area contributed by atoms with Crippen molar-refractivity contribution in [1.29, 1.82) is 0 Å². The van der Waals surface area contributed by atoms with Crippen LogP contribution in [-0.2, 0) is 13.0 Å². The number of nitrogens with zero attached hydrogens (tertiary/aromatic N) is 4. The van der Waals surface area contributed by atoms with Crippen molar-refractivity contribution in [3.8, 4) is 0 Å². The van der Waals surface area contributed by atoms with E-state index < -0.39 is 24.4 Å². The maximum atomic E-state index is 12.2. The second kappa shape index (κ2) is 8.80. The average Bonchev–Trinajstić information content (AvgIpc) is 3.12. The van der Waals surface area contributed by atoms with Crippen LogP contribution in [0, 0.1) is 0 Å². The summed E-state index contributed by atoms with van der Waals surface area (Å²) >= 11 is 11.8. The van der Waals surface area contributed by atoms with Gasteiger partial charge in [-0.1, -0.05) is 40.5 Å². The molecule has 0 fully saturated rings. The van der Waals surface area contributed by atoms with E-state index in [1.54, 1.807) is 24.3 Å². The molecule has 2 heterocycles. The molecular weight excluding hydrogens is 411 g/mol. The second-order valence-corrected chi connectivity index (χ2v) is 6.77. The minimum absolute atomic E-state index is 0.0303. The maximum absolute atomic E-state index is 12.2. The van der Waals surface area contributed by atoms with Crippen LogP contribution in [-0.4, -0.2) is 41.8 Å². The number of rotatable bonds is 7. The smallest absolute Gasteiger partial charge is 0.286 e. The molecule has 28 heavy (non-hydrogen) atoms. The van der Waals surface area contributed by atoms with Gasteiger partial charge in [-0.2, -0.15) is 10.1 Å². The Bertz CT molecular complexity index is 1010. The summed E-state index contributed by atoms with van der Waals surface area (Å²) in [5.41, 5.74) is 0.00813. The first-order chi connectivity index (χ1) is 13.4. The Morgan fingerprint density at radius 1 is 1.14 bits per heavy atom. The Morgan fingerprint density at radius 2 is 1.86 bits per heavy atom. The van der Waals surface area contributed by atoms with Crippen molar-refractivity contribution in [2.75, 3.05) is 6.61 Å². The fourth-order valence-electron chi connectivity index (χ4n) is 2.46. The van der Waals surface area contributed by atoms with E-state index in [0.29, 0.717) is 10.6 Å². The van der Waals surface area contributed by atoms with Crippen LogP contribution in [0.3, 0.4) is 0 Å². The number of aliphatic hydroxyl groups excluding tert-OH is 3. The molecule has 3 aromatic rings. The Kier molecular flexibility index (Phi) is 6.42. The van der Waals surface area contributed by atoms with Crippen molar-refractivity contribution < 1.29 is 19.8 Å². The number of hydrogen-bond donors (Lipinski definition) is 3. The molecule has 0 saturated heterocycles. The van der Waals surface area contributed by atoms with Crippen LogP contribution in [0.25, 0.3) is 0 Å². The SMILES string of the molecule is O=c1c(Cl)c([C@H](O)CO)cnn1Cc1nc(C[C@H](O)c2ccc(Cl)cc2)no1. The molecule has 11 heteroatoms. The Hall–Kier alpha value is -2.30. The lowest BCUT2D eigenvalue weighted by Gasteiger charge is -2.10. The number of hydrogen-bond acceptors (Lipinski definition) is 8. The molecule has 3 N–H and O–H groups in total. The maximum Gasteiger partial charge on any atom is 0.286 e. The van der Waals surface area contributed by atoms with Gasteiger partial charge in [0.15, 0.2) is 5.82 Å². The topological polar surface area (TPSA) is 134 Å². The van der Waals surface area contributed by atoms with Gasteiger partial charge >= 0.3 is 0 Å². The lowest BCUT2D eigenvalue weighted by Crippen LogP contribution is -2.26. The molecule has 0 aliphatic carbocycles. The van der Waals surface area contributed by atoms with Crippen molar-refractivity contribution in [2.45, 2.75) is 25.2 Å². The molecule has 1 aromatic carbocycles. The van der Waals surface area contributed by atoms with Crippen molar-refractivity contribution >= 4 is 23.2 Å². The van der Waals surface area contributed by atoms with Crippen LogP contribution in [0.4, 0.5) is 0 Å². The number of halogens is 2. The zero-order valence-electron chi connectivity index (χ0n) is 14.4. The number of aromatic nitrogens is 4. The first kappa shape index (κ1) is 20.4. The normalized spacial score (nSPS) is 13.5. The Morgan fingerprint density at radius 3 is 2.54 bits per heavy atom. The lowest BCUT2D eigenvalue weighted by atomic mass is 10.1. The van der Waals surface area contributed by atoms with E-state index in [0.717, 1.165) is 4.68 Å². The molecule has 0 spiro atoms. The molecule has 9 nitrogen and oxygen atoms in total. The molecule has 0 bridgehead atoms. The van der Waals surface area contributed by atoms with Gasteiger partial charge in [-0.25, -0.2) is 4.68 Å². The van der Waals surface area contributed by atoms with Gasteiger partial charge in [-0.3, -0.25) is 4.79 Å². The summed E-state index contributed by atoms with van der Waals surface area (Å²) in [5, 5.41) is 36.8. The lowest BCUT2D eigenvalue weighted by molar-refractivity contribution is 0.0950. The highest BCUT2D eigenvalue weighted by Crippen LogP contribution is 2.20.